The molecule has 2 nitrogen and oxygen atoms in total. The quantitative estimate of drug-likeness (QED) is 0.715. The second kappa shape index (κ2) is 4.71. The molecule has 0 unspecified atom stereocenters. The Morgan fingerprint density at radius 3 is 2.25 bits per heavy atom. The van der Waals surface area contributed by atoms with Crippen LogP contribution in [-0.4, -0.2) is 0 Å². The smallest absolute Gasteiger partial charge is 0.113 e. The van der Waals surface area contributed by atoms with E-state index in [0.717, 1.165) is 12.8 Å². The lowest BCUT2D eigenvalue weighted by Gasteiger charge is -2.14. The Hall–Kier alpha value is -2.22. The van der Waals surface area contributed by atoms with Crippen LogP contribution in [0.2, 0.25) is 0 Å². The molecule has 2 aromatic rings. The highest BCUT2D eigenvalue weighted by atomic mass is 16.5. The molecule has 2 aliphatic heterocycles. The fraction of sp³-hybridized carbons (Fsp3) is 0.222. The van der Waals surface area contributed by atoms with Crippen LogP contribution in [0.1, 0.15) is 22.3 Å². The summed E-state index contributed by atoms with van der Waals surface area (Å²) in [5.41, 5.74) is 5.36. The van der Waals surface area contributed by atoms with E-state index in [1.54, 1.807) is 0 Å². The SMILES string of the molecule is C1=COCc2c(ccc3c4c(ccc23)COC=CC4)C1. The van der Waals surface area contributed by atoms with Crippen LogP contribution in [0.5, 0.6) is 0 Å². The monoisotopic (exact) mass is 264 g/mol. The van der Waals surface area contributed by atoms with Crippen LogP contribution < -0.4 is 0 Å². The Bertz CT molecular complexity index is 726. The first-order valence-corrected chi connectivity index (χ1v) is 7.02. The molecule has 20 heavy (non-hydrogen) atoms. The van der Waals surface area contributed by atoms with Gasteiger partial charge in [0.15, 0.2) is 0 Å². The van der Waals surface area contributed by atoms with Crippen molar-refractivity contribution in [3.63, 3.8) is 0 Å². The van der Waals surface area contributed by atoms with Crippen molar-refractivity contribution in [3.8, 4) is 0 Å². The minimum absolute atomic E-state index is 0.661. The van der Waals surface area contributed by atoms with Gasteiger partial charge in [-0.15, -0.1) is 0 Å². The van der Waals surface area contributed by atoms with Crippen LogP contribution in [0.4, 0.5) is 0 Å². The molecule has 0 saturated carbocycles. The van der Waals surface area contributed by atoms with E-state index >= 15 is 0 Å². The number of rotatable bonds is 0. The number of ether oxygens (including phenoxy) is 2. The van der Waals surface area contributed by atoms with Gasteiger partial charge in [-0.05, 0) is 52.5 Å². The molecule has 2 aromatic carbocycles. The molecule has 0 radical (unpaired) electrons. The largest absolute Gasteiger partial charge is 0.497 e. The maximum atomic E-state index is 5.58. The number of hydrogen-bond acceptors (Lipinski definition) is 2. The predicted molar refractivity (Wildman–Crippen MR) is 79.2 cm³/mol. The average Bonchev–Trinajstić information content (AvgIpc) is 2.86. The van der Waals surface area contributed by atoms with Crippen LogP contribution in [0, 0.1) is 0 Å². The Morgan fingerprint density at radius 1 is 0.650 bits per heavy atom. The molecular weight excluding hydrogens is 248 g/mol. The van der Waals surface area contributed by atoms with Gasteiger partial charge >= 0.3 is 0 Å². The van der Waals surface area contributed by atoms with Crippen LogP contribution in [-0.2, 0) is 35.5 Å². The summed E-state index contributed by atoms with van der Waals surface area (Å²) < 4.78 is 11.1. The van der Waals surface area contributed by atoms with Crippen molar-refractivity contribution in [3.05, 3.63) is 71.2 Å². The molecule has 2 heterocycles. The Labute approximate surface area is 118 Å². The third kappa shape index (κ3) is 1.80. The zero-order valence-electron chi connectivity index (χ0n) is 11.3. The van der Waals surface area contributed by atoms with E-state index in [0.29, 0.717) is 13.2 Å². The molecule has 0 atom stereocenters. The molecule has 0 N–H and O–H groups in total. The third-order valence-electron chi connectivity index (χ3n) is 4.13. The van der Waals surface area contributed by atoms with Gasteiger partial charge in [-0.2, -0.15) is 0 Å². The fourth-order valence-electron chi connectivity index (χ4n) is 3.11. The topological polar surface area (TPSA) is 18.5 Å². The Balaban J connectivity index is 1.97. The maximum Gasteiger partial charge on any atom is 0.113 e. The summed E-state index contributed by atoms with van der Waals surface area (Å²) in [6.45, 7) is 1.32. The number of hydrogen-bond donors (Lipinski definition) is 0. The first kappa shape index (κ1) is 11.6. The fourth-order valence-corrected chi connectivity index (χ4v) is 3.11. The molecule has 0 saturated heterocycles. The lowest BCUT2D eigenvalue weighted by atomic mass is 9.91. The first-order valence-electron chi connectivity index (χ1n) is 7.02. The lowest BCUT2D eigenvalue weighted by Crippen LogP contribution is -1.99. The summed E-state index contributed by atoms with van der Waals surface area (Å²) in [7, 11) is 0. The molecule has 4 rings (SSSR count). The lowest BCUT2D eigenvalue weighted by molar-refractivity contribution is 0.238. The van der Waals surface area contributed by atoms with Gasteiger partial charge < -0.3 is 9.47 Å². The van der Waals surface area contributed by atoms with Gasteiger partial charge in [0.25, 0.3) is 0 Å². The second-order valence-electron chi connectivity index (χ2n) is 5.28. The minimum atomic E-state index is 0.661. The van der Waals surface area contributed by atoms with E-state index < -0.39 is 0 Å². The van der Waals surface area contributed by atoms with Crippen LogP contribution in [0.3, 0.4) is 0 Å². The highest BCUT2D eigenvalue weighted by Gasteiger charge is 2.14. The van der Waals surface area contributed by atoms with Crippen molar-refractivity contribution < 1.29 is 9.47 Å². The molecule has 100 valence electrons. The normalized spacial score (nSPS) is 16.6. The predicted octanol–water partition coefficient (Wildman–Crippen LogP) is 4.01. The summed E-state index contributed by atoms with van der Waals surface area (Å²) in [5, 5.41) is 2.65. The Kier molecular flexibility index (Phi) is 2.73. The zero-order chi connectivity index (χ0) is 13.4. The van der Waals surface area contributed by atoms with E-state index in [2.05, 4.69) is 36.4 Å². The summed E-state index contributed by atoms with van der Waals surface area (Å²) >= 11 is 0. The standard InChI is InChI=1S/C18H16O2/c1-3-13-5-7-16-15-4-2-10-19-11-14(15)6-8-17(16)18(13)12-20-9-1/h1-2,5-10H,3-4,11-12H2. The maximum absolute atomic E-state index is 5.58. The highest BCUT2D eigenvalue weighted by molar-refractivity contribution is 5.90. The van der Waals surface area contributed by atoms with E-state index in [1.807, 2.05) is 12.5 Å². The molecule has 0 bridgehead atoms. The van der Waals surface area contributed by atoms with Crippen molar-refractivity contribution in [1.82, 2.24) is 0 Å². The van der Waals surface area contributed by atoms with Crippen LogP contribution in [0.15, 0.2) is 48.9 Å². The van der Waals surface area contributed by atoms with Gasteiger partial charge in [0.2, 0.25) is 0 Å². The molecule has 2 heteroatoms. The number of benzene rings is 2. The van der Waals surface area contributed by atoms with Gasteiger partial charge in [0.05, 0.1) is 12.5 Å². The zero-order valence-corrected chi connectivity index (χ0v) is 11.3. The minimum Gasteiger partial charge on any atom is -0.497 e. The molecule has 0 aliphatic carbocycles. The molecular formula is C18H16O2. The van der Waals surface area contributed by atoms with E-state index in [9.17, 15) is 0 Å². The Morgan fingerprint density at radius 2 is 1.35 bits per heavy atom. The first-order chi connectivity index (χ1) is 9.93. The van der Waals surface area contributed by atoms with Gasteiger partial charge in [-0.1, -0.05) is 24.3 Å². The molecule has 0 amide bonds. The van der Waals surface area contributed by atoms with E-state index in [4.69, 9.17) is 9.47 Å². The molecule has 0 spiro atoms. The summed E-state index contributed by atoms with van der Waals surface area (Å²) in [6, 6.07) is 8.91. The summed E-state index contributed by atoms with van der Waals surface area (Å²) in [6.07, 6.45) is 9.68. The summed E-state index contributed by atoms with van der Waals surface area (Å²) in [5.74, 6) is 0. The van der Waals surface area contributed by atoms with Crippen molar-refractivity contribution in [2.24, 2.45) is 0 Å². The second-order valence-corrected chi connectivity index (χ2v) is 5.28. The van der Waals surface area contributed by atoms with Gasteiger partial charge in [-0.25, -0.2) is 0 Å². The van der Waals surface area contributed by atoms with E-state index in [1.165, 1.54) is 33.0 Å². The summed E-state index contributed by atoms with van der Waals surface area (Å²) in [4.78, 5) is 0. The van der Waals surface area contributed by atoms with Gasteiger partial charge in [0.1, 0.15) is 13.2 Å². The molecule has 0 aromatic heterocycles. The van der Waals surface area contributed by atoms with E-state index in [-0.39, 0.29) is 0 Å². The van der Waals surface area contributed by atoms with Gasteiger partial charge in [-0.3, -0.25) is 0 Å². The number of allylic oxidation sites excluding steroid dienone is 2. The van der Waals surface area contributed by atoms with Crippen molar-refractivity contribution in [1.29, 1.82) is 0 Å². The third-order valence-corrected chi connectivity index (χ3v) is 4.13. The van der Waals surface area contributed by atoms with Crippen molar-refractivity contribution >= 4 is 10.8 Å². The average molecular weight is 264 g/mol. The highest BCUT2D eigenvalue weighted by Crippen LogP contribution is 2.31. The molecule has 0 fully saturated rings. The van der Waals surface area contributed by atoms with Crippen molar-refractivity contribution in [2.75, 3.05) is 0 Å². The van der Waals surface area contributed by atoms with Crippen LogP contribution in [0.25, 0.3) is 10.8 Å². The van der Waals surface area contributed by atoms with Crippen molar-refractivity contribution in [2.45, 2.75) is 26.1 Å². The van der Waals surface area contributed by atoms with Crippen LogP contribution >= 0.6 is 0 Å². The number of fused-ring (bicyclic) bond motifs is 5. The van der Waals surface area contributed by atoms with Gasteiger partial charge in [0, 0.05) is 5.56 Å². The molecule has 2 aliphatic rings.